The minimum absolute atomic E-state index is 0.0322. The number of hydrogen-bond donors (Lipinski definition) is 2. The monoisotopic (exact) mass is 472 g/mol. The number of carbonyl (C=O) groups is 2. The second-order valence-corrected chi connectivity index (χ2v) is 8.67. The van der Waals surface area contributed by atoms with Crippen molar-refractivity contribution in [2.45, 2.75) is 57.0 Å². The van der Waals surface area contributed by atoms with E-state index in [1.165, 1.54) is 17.2 Å². The molecule has 1 unspecified atom stereocenters. The van der Waals surface area contributed by atoms with E-state index in [2.05, 4.69) is 15.6 Å². The van der Waals surface area contributed by atoms with E-state index in [4.69, 9.17) is 0 Å². The number of carbonyl (C=O) groups excluding carboxylic acids is 2. The standard InChI is InChI=1S/C18H22F6N4O2S/c1-9-14(29)25-6-7-28(9)16(30)27-13(12-8-31-15(26-12)18(22,23)24)10-2-4-11(5-3-10)17(19,20)21/h8-11,13H,2-7H2,1H3,(H,25,29)(H,27,30)/t9-,10?,11?,13?/m1/s1. The maximum absolute atomic E-state index is 13.0. The Kier molecular flexibility index (Phi) is 6.72. The summed E-state index contributed by atoms with van der Waals surface area (Å²) < 4.78 is 78.1. The van der Waals surface area contributed by atoms with Crippen molar-refractivity contribution in [3.8, 4) is 0 Å². The Morgan fingerprint density at radius 1 is 1.23 bits per heavy atom. The highest BCUT2D eigenvalue weighted by Crippen LogP contribution is 2.44. The molecule has 2 heterocycles. The second-order valence-electron chi connectivity index (χ2n) is 7.82. The van der Waals surface area contributed by atoms with Gasteiger partial charge in [-0.25, -0.2) is 9.78 Å². The Labute approximate surface area is 178 Å². The first-order valence-electron chi connectivity index (χ1n) is 9.82. The molecule has 1 saturated carbocycles. The number of amides is 3. The summed E-state index contributed by atoms with van der Waals surface area (Å²) in [6.07, 6.45) is -9.15. The summed E-state index contributed by atoms with van der Waals surface area (Å²) in [4.78, 5) is 29.5. The lowest BCUT2D eigenvalue weighted by molar-refractivity contribution is -0.184. The third-order valence-electron chi connectivity index (χ3n) is 5.83. The van der Waals surface area contributed by atoms with Crippen LogP contribution in [0.1, 0.15) is 49.4 Å². The number of rotatable bonds is 3. The molecular weight excluding hydrogens is 450 g/mol. The molecule has 1 aromatic heterocycles. The van der Waals surface area contributed by atoms with Gasteiger partial charge >= 0.3 is 18.4 Å². The van der Waals surface area contributed by atoms with Gasteiger partial charge in [-0.1, -0.05) is 0 Å². The lowest BCUT2D eigenvalue weighted by atomic mass is 9.77. The van der Waals surface area contributed by atoms with Gasteiger partial charge in [-0.05, 0) is 38.5 Å². The summed E-state index contributed by atoms with van der Waals surface area (Å²) >= 11 is 0.372. The molecule has 31 heavy (non-hydrogen) atoms. The van der Waals surface area contributed by atoms with Crippen LogP contribution in [0.3, 0.4) is 0 Å². The minimum Gasteiger partial charge on any atom is -0.353 e. The third kappa shape index (κ3) is 5.42. The van der Waals surface area contributed by atoms with E-state index in [1.807, 2.05) is 0 Å². The first-order valence-corrected chi connectivity index (χ1v) is 10.7. The largest absolute Gasteiger partial charge is 0.443 e. The fourth-order valence-corrected chi connectivity index (χ4v) is 4.77. The van der Waals surface area contributed by atoms with Gasteiger partial charge in [0.15, 0.2) is 5.01 Å². The Bertz CT molecular complexity index is 804. The molecule has 1 aliphatic heterocycles. The highest BCUT2D eigenvalue weighted by atomic mass is 32.1. The number of thiazole rings is 1. The number of nitrogens with zero attached hydrogens (tertiary/aromatic N) is 2. The Morgan fingerprint density at radius 3 is 2.42 bits per heavy atom. The van der Waals surface area contributed by atoms with Crippen molar-refractivity contribution in [3.05, 3.63) is 16.1 Å². The van der Waals surface area contributed by atoms with Gasteiger partial charge in [0.05, 0.1) is 17.7 Å². The van der Waals surface area contributed by atoms with Crippen LogP contribution in [0.5, 0.6) is 0 Å². The zero-order valence-electron chi connectivity index (χ0n) is 16.5. The van der Waals surface area contributed by atoms with E-state index in [9.17, 15) is 35.9 Å². The molecule has 1 saturated heterocycles. The van der Waals surface area contributed by atoms with Crippen LogP contribution in [0.4, 0.5) is 31.1 Å². The van der Waals surface area contributed by atoms with Crippen LogP contribution in [-0.2, 0) is 11.0 Å². The molecular formula is C18H22F6N4O2S. The van der Waals surface area contributed by atoms with Crippen molar-refractivity contribution in [1.29, 1.82) is 0 Å². The van der Waals surface area contributed by atoms with Crippen LogP contribution >= 0.6 is 11.3 Å². The molecule has 13 heteroatoms. The Balaban J connectivity index is 1.80. The van der Waals surface area contributed by atoms with Gasteiger partial charge in [-0.3, -0.25) is 4.79 Å². The Morgan fingerprint density at radius 2 is 1.87 bits per heavy atom. The normalized spacial score (nSPS) is 26.4. The van der Waals surface area contributed by atoms with E-state index in [1.54, 1.807) is 0 Å². The van der Waals surface area contributed by atoms with Gasteiger partial charge in [0, 0.05) is 18.5 Å². The number of alkyl halides is 6. The van der Waals surface area contributed by atoms with Crippen molar-refractivity contribution in [2.24, 2.45) is 11.8 Å². The summed E-state index contributed by atoms with van der Waals surface area (Å²) in [6, 6.07) is -2.42. The lowest BCUT2D eigenvalue weighted by Crippen LogP contribution is -2.58. The minimum atomic E-state index is -4.66. The van der Waals surface area contributed by atoms with E-state index in [0.29, 0.717) is 11.3 Å². The predicted octanol–water partition coefficient (Wildman–Crippen LogP) is 4.10. The molecule has 0 radical (unpaired) electrons. The van der Waals surface area contributed by atoms with E-state index in [-0.39, 0.29) is 50.4 Å². The number of piperazine rings is 1. The summed E-state index contributed by atoms with van der Waals surface area (Å²) in [7, 11) is 0. The molecule has 2 fully saturated rings. The fraction of sp³-hybridized carbons (Fsp3) is 0.722. The topological polar surface area (TPSA) is 74.3 Å². The van der Waals surface area contributed by atoms with Crippen molar-refractivity contribution < 1.29 is 35.9 Å². The van der Waals surface area contributed by atoms with E-state index in [0.717, 1.165) is 0 Å². The van der Waals surface area contributed by atoms with Crippen LogP contribution < -0.4 is 10.6 Å². The molecule has 0 aromatic carbocycles. The maximum atomic E-state index is 13.0. The van der Waals surface area contributed by atoms with Crippen LogP contribution in [0.25, 0.3) is 0 Å². The first-order chi connectivity index (χ1) is 14.4. The van der Waals surface area contributed by atoms with Gasteiger partial charge in [-0.15, -0.1) is 11.3 Å². The number of aromatic nitrogens is 1. The molecule has 2 atom stereocenters. The quantitative estimate of drug-likeness (QED) is 0.651. The maximum Gasteiger partial charge on any atom is 0.443 e. The SMILES string of the molecule is C[C@@H]1C(=O)NCCN1C(=O)NC(c1csc(C(F)(F)F)n1)C1CCC(C(F)(F)F)CC1. The van der Waals surface area contributed by atoms with Crippen molar-refractivity contribution >= 4 is 23.3 Å². The lowest BCUT2D eigenvalue weighted by Gasteiger charge is -2.37. The van der Waals surface area contributed by atoms with E-state index < -0.39 is 47.3 Å². The predicted molar refractivity (Wildman–Crippen MR) is 99.1 cm³/mol. The summed E-state index contributed by atoms with van der Waals surface area (Å²) in [5.74, 6) is -2.33. The second kappa shape index (κ2) is 8.83. The molecule has 2 aliphatic rings. The average Bonchev–Trinajstić information content (AvgIpc) is 3.18. The molecule has 1 aliphatic carbocycles. The fourth-order valence-electron chi connectivity index (χ4n) is 4.05. The number of halogens is 6. The summed E-state index contributed by atoms with van der Waals surface area (Å²) in [6.45, 7) is 1.95. The first kappa shape index (κ1) is 23.6. The highest BCUT2D eigenvalue weighted by molar-refractivity contribution is 7.09. The smallest absolute Gasteiger partial charge is 0.353 e. The number of nitrogens with one attached hydrogen (secondary N) is 2. The molecule has 0 bridgehead atoms. The molecule has 3 rings (SSSR count). The summed E-state index contributed by atoms with van der Waals surface area (Å²) in [5, 5.41) is 5.34. The van der Waals surface area contributed by atoms with Crippen molar-refractivity contribution in [3.63, 3.8) is 0 Å². The van der Waals surface area contributed by atoms with Crippen LogP contribution in [0.15, 0.2) is 5.38 Å². The van der Waals surface area contributed by atoms with Gasteiger partial charge in [0.2, 0.25) is 5.91 Å². The van der Waals surface area contributed by atoms with Crippen LogP contribution in [0.2, 0.25) is 0 Å². The Hall–Kier alpha value is -2.05. The number of urea groups is 1. The van der Waals surface area contributed by atoms with Crippen LogP contribution in [0, 0.1) is 11.8 Å². The molecule has 2 N–H and O–H groups in total. The van der Waals surface area contributed by atoms with Crippen molar-refractivity contribution in [2.75, 3.05) is 13.1 Å². The third-order valence-corrected chi connectivity index (χ3v) is 6.73. The zero-order valence-corrected chi connectivity index (χ0v) is 17.3. The van der Waals surface area contributed by atoms with Gasteiger partial charge in [-0.2, -0.15) is 26.3 Å². The number of hydrogen-bond acceptors (Lipinski definition) is 4. The van der Waals surface area contributed by atoms with Crippen molar-refractivity contribution in [1.82, 2.24) is 20.5 Å². The van der Waals surface area contributed by atoms with Crippen LogP contribution in [-0.4, -0.2) is 47.1 Å². The van der Waals surface area contributed by atoms with Gasteiger partial charge in [0.25, 0.3) is 0 Å². The molecule has 3 amide bonds. The average molecular weight is 472 g/mol. The van der Waals surface area contributed by atoms with Gasteiger partial charge < -0.3 is 15.5 Å². The molecule has 6 nitrogen and oxygen atoms in total. The van der Waals surface area contributed by atoms with Gasteiger partial charge in [0.1, 0.15) is 6.04 Å². The zero-order chi connectivity index (χ0) is 23.0. The highest BCUT2D eigenvalue weighted by Gasteiger charge is 2.44. The summed E-state index contributed by atoms with van der Waals surface area (Å²) in [5.41, 5.74) is -0.0322. The molecule has 174 valence electrons. The molecule has 1 aromatic rings. The molecule has 0 spiro atoms. The van der Waals surface area contributed by atoms with E-state index >= 15 is 0 Å².